The van der Waals surface area contributed by atoms with Crippen molar-refractivity contribution in [2.45, 2.75) is 32.4 Å². The van der Waals surface area contributed by atoms with Gasteiger partial charge in [-0.3, -0.25) is 0 Å². The van der Waals surface area contributed by atoms with Crippen LogP contribution in [-0.2, 0) is 11.3 Å². The first-order valence-corrected chi connectivity index (χ1v) is 6.56. The highest BCUT2D eigenvalue weighted by molar-refractivity contribution is 5.29. The third kappa shape index (κ3) is 3.64. The van der Waals surface area contributed by atoms with E-state index in [2.05, 4.69) is 12.2 Å². The Morgan fingerprint density at radius 2 is 1.89 bits per heavy atom. The van der Waals surface area contributed by atoms with E-state index in [1.165, 1.54) is 0 Å². The third-order valence-electron chi connectivity index (χ3n) is 3.68. The van der Waals surface area contributed by atoms with Gasteiger partial charge in [-0.2, -0.15) is 0 Å². The number of hydrogen-bond donors (Lipinski definition) is 2. The van der Waals surface area contributed by atoms with Gasteiger partial charge in [-0.05, 0) is 43.4 Å². The van der Waals surface area contributed by atoms with Crippen molar-refractivity contribution in [2.24, 2.45) is 5.92 Å². The van der Waals surface area contributed by atoms with Crippen LogP contribution in [0, 0.1) is 17.6 Å². The van der Waals surface area contributed by atoms with Crippen LogP contribution >= 0.6 is 0 Å². The number of phenols is 1. The van der Waals surface area contributed by atoms with Crippen molar-refractivity contribution >= 4 is 0 Å². The largest absolute Gasteiger partial charge is 0.503 e. The Hall–Kier alpha value is -1.20. The minimum atomic E-state index is -0.921. The number of phenolic OH excluding ortho intramolecular Hbond substituents is 1. The van der Waals surface area contributed by atoms with Crippen LogP contribution in [0.25, 0.3) is 0 Å². The average molecular weight is 271 g/mol. The molecule has 0 amide bonds. The summed E-state index contributed by atoms with van der Waals surface area (Å²) < 4.78 is 31.7. The Morgan fingerprint density at radius 3 is 2.47 bits per heavy atom. The standard InChI is InChI=1S/C14H19F2NO2/c1-9(11-2-4-19-5-3-11)17-8-10-6-12(15)14(18)13(16)7-10/h6-7,9,11,17-18H,2-5,8H2,1H3. The van der Waals surface area contributed by atoms with Gasteiger partial charge in [0.15, 0.2) is 17.4 Å². The van der Waals surface area contributed by atoms with E-state index >= 15 is 0 Å². The summed E-state index contributed by atoms with van der Waals surface area (Å²) in [5, 5.41) is 12.3. The van der Waals surface area contributed by atoms with Crippen LogP contribution in [0.3, 0.4) is 0 Å². The maximum atomic E-state index is 13.2. The molecule has 1 unspecified atom stereocenters. The smallest absolute Gasteiger partial charge is 0.187 e. The van der Waals surface area contributed by atoms with Gasteiger partial charge in [0.2, 0.25) is 0 Å². The van der Waals surface area contributed by atoms with Gasteiger partial charge >= 0.3 is 0 Å². The van der Waals surface area contributed by atoms with E-state index in [-0.39, 0.29) is 6.04 Å². The van der Waals surface area contributed by atoms with E-state index in [9.17, 15) is 8.78 Å². The lowest BCUT2D eigenvalue weighted by atomic mass is 9.93. The summed E-state index contributed by atoms with van der Waals surface area (Å²) in [6, 6.07) is 2.58. The van der Waals surface area contributed by atoms with Crippen molar-refractivity contribution in [2.75, 3.05) is 13.2 Å². The molecule has 19 heavy (non-hydrogen) atoms. The molecule has 0 aromatic heterocycles. The van der Waals surface area contributed by atoms with E-state index in [0.717, 1.165) is 38.2 Å². The molecule has 3 nitrogen and oxygen atoms in total. The van der Waals surface area contributed by atoms with Gasteiger partial charge in [0, 0.05) is 25.8 Å². The maximum absolute atomic E-state index is 13.2. The second-order valence-corrected chi connectivity index (χ2v) is 5.03. The molecule has 2 N–H and O–H groups in total. The number of halogens is 2. The average Bonchev–Trinajstić information content (AvgIpc) is 2.43. The normalized spacial score (nSPS) is 18.5. The Bertz CT molecular complexity index is 410. The first kappa shape index (κ1) is 14.2. The SMILES string of the molecule is CC(NCc1cc(F)c(O)c(F)c1)C1CCOCC1. The Labute approximate surface area is 111 Å². The third-order valence-corrected chi connectivity index (χ3v) is 3.68. The van der Waals surface area contributed by atoms with Crippen molar-refractivity contribution in [3.63, 3.8) is 0 Å². The molecule has 0 saturated carbocycles. The number of rotatable bonds is 4. The molecule has 106 valence electrons. The summed E-state index contributed by atoms with van der Waals surface area (Å²) >= 11 is 0. The monoisotopic (exact) mass is 271 g/mol. The van der Waals surface area contributed by atoms with Crippen molar-refractivity contribution in [1.29, 1.82) is 0 Å². The Morgan fingerprint density at radius 1 is 1.32 bits per heavy atom. The van der Waals surface area contributed by atoms with Crippen molar-refractivity contribution in [1.82, 2.24) is 5.32 Å². The van der Waals surface area contributed by atoms with E-state index in [1.54, 1.807) is 0 Å². The van der Waals surface area contributed by atoms with Gasteiger partial charge < -0.3 is 15.2 Å². The molecule has 1 aliphatic heterocycles. The second-order valence-electron chi connectivity index (χ2n) is 5.03. The molecular formula is C14H19F2NO2. The number of hydrogen-bond acceptors (Lipinski definition) is 3. The Kier molecular flexibility index (Phi) is 4.71. The van der Waals surface area contributed by atoms with Crippen molar-refractivity contribution < 1.29 is 18.6 Å². The van der Waals surface area contributed by atoms with Gasteiger partial charge in [-0.1, -0.05) is 0 Å². The molecule has 1 aromatic carbocycles. The first-order chi connectivity index (χ1) is 9.08. The fourth-order valence-corrected chi connectivity index (χ4v) is 2.38. The number of nitrogens with one attached hydrogen (secondary N) is 1. The van der Waals surface area contributed by atoms with Gasteiger partial charge in [0.25, 0.3) is 0 Å². The summed E-state index contributed by atoms with van der Waals surface area (Å²) in [6.45, 7) is 4.01. The van der Waals surface area contributed by atoms with Gasteiger partial charge in [-0.15, -0.1) is 0 Å². The minimum Gasteiger partial charge on any atom is -0.503 e. The van der Waals surface area contributed by atoms with Crippen LogP contribution < -0.4 is 5.32 Å². The summed E-state index contributed by atoms with van der Waals surface area (Å²) in [5.41, 5.74) is 0.492. The zero-order valence-corrected chi connectivity index (χ0v) is 11.0. The van der Waals surface area contributed by atoms with E-state index in [0.29, 0.717) is 18.0 Å². The number of benzene rings is 1. The zero-order chi connectivity index (χ0) is 13.8. The highest BCUT2D eigenvalue weighted by Crippen LogP contribution is 2.22. The maximum Gasteiger partial charge on any atom is 0.187 e. The van der Waals surface area contributed by atoms with Crippen LogP contribution in [0.5, 0.6) is 5.75 Å². The highest BCUT2D eigenvalue weighted by Gasteiger charge is 2.20. The fraction of sp³-hybridized carbons (Fsp3) is 0.571. The minimum absolute atomic E-state index is 0.267. The molecule has 0 spiro atoms. The van der Waals surface area contributed by atoms with Gasteiger partial charge in [-0.25, -0.2) is 8.78 Å². The quantitative estimate of drug-likeness (QED) is 0.884. The predicted molar refractivity (Wildman–Crippen MR) is 67.9 cm³/mol. The van der Waals surface area contributed by atoms with Crippen LogP contribution in [0.15, 0.2) is 12.1 Å². The van der Waals surface area contributed by atoms with Gasteiger partial charge in [0.1, 0.15) is 0 Å². The molecular weight excluding hydrogens is 252 g/mol. The van der Waals surface area contributed by atoms with Crippen LogP contribution in [0.1, 0.15) is 25.3 Å². The molecule has 1 fully saturated rings. The summed E-state index contributed by atoms with van der Waals surface area (Å²) in [7, 11) is 0. The van der Waals surface area contributed by atoms with E-state index < -0.39 is 17.4 Å². The van der Waals surface area contributed by atoms with Crippen LogP contribution in [0.2, 0.25) is 0 Å². The van der Waals surface area contributed by atoms with Crippen LogP contribution in [-0.4, -0.2) is 24.4 Å². The van der Waals surface area contributed by atoms with Crippen LogP contribution in [0.4, 0.5) is 8.78 Å². The molecule has 0 bridgehead atoms. The summed E-state index contributed by atoms with van der Waals surface area (Å²) in [6.07, 6.45) is 2.01. The zero-order valence-electron chi connectivity index (χ0n) is 11.0. The lowest BCUT2D eigenvalue weighted by molar-refractivity contribution is 0.0558. The van der Waals surface area contributed by atoms with Gasteiger partial charge in [0.05, 0.1) is 0 Å². The molecule has 0 radical (unpaired) electrons. The predicted octanol–water partition coefficient (Wildman–Crippen LogP) is 2.58. The summed E-state index contributed by atoms with van der Waals surface area (Å²) in [5.74, 6) is -2.23. The van der Waals surface area contributed by atoms with Crippen molar-refractivity contribution in [3.8, 4) is 5.75 Å². The molecule has 1 heterocycles. The fourth-order valence-electron chi connectivity index (χ4n) is 2.38. The topological polar surface area (TPSA) is 41.5 Å². The second kappa shape index (κ2) is 6.30. The highest BCUT2D eigenvalue weighted by atomic mass is 19.1. The molecule has 1 atom stereocenters. The molecule has 2 rings (SSSR count). The molecule has 5 heteroatoms. The summed E-state index contributed by atoms with van der Waals surface area (Å²) in [4.78, 5) is 0. The Balaban J connectivity index is 1.91. The first-order valence-electron chi connectivity index (χ1n) is 6.56. The van der Waals surface area contributed by atoms with E-state index in [4.69, 9.17) is 9.84 Å². The molecule has 1 saturated heterocycles. The molecule has 1 aromatic rings. The molecule has 0 aliphatic carbocycles. The van der Waals surface area contributed by atoms with E-state index in [1.807, 2.05) is 0 Å². The van der Waals surface area contributed by atoms with Crippen molar-refractivity contribution in [3.05, 3.63) is 29.3 Å². The lowest BCUT2D eigenvalue weighted by Crippen LogP contribution is -2.36. The number of aromatic hydroxyl groups is 1. The number of ether oxygens (including phenoxy) is 1. The molecule has 1 aliphatic rings. The lowest BCUT2D eigenvalue weighted by Gasteiger charge is -2.28.